The average Bonchev–Trinajstić information content (AvgIpc) is 2.66. The van der Waals surface area contributed by atoms with Gasteiger partial charge in [-0.1, -0.05) is 13.8 Å². The Balaban J connectivity index is 2.37. The van der Waals surface area contributed by atoms with Crippen LogP contribution in [-0.4, -0.2) is 25.0 Å². The Labute approximate surface area is 97.1 Å². The molecule has 0 spiro atoms. The van der Waals surface area contributed by atoms with Crippen molar-refractivity contribution in [1.82, 2.24) is 4.90 Å². The first-order valence-corrected chi connectivity index (χ1v) is 6.47. The lowest BCUT2D eigenvalue weighted by atomic mass is 9.95. The van der Waals surface area contributed by atoms with E-state index < -0.39 is 0 Å². The summed E-state index contributed by atoms with van der Waals surface area (Å²) in [5.74, 6) is 1.27. The van der Waals surface area contributed by atoms with Crippen molar-refractivity contribution in [3.63, 3.8) is 0 Å². The molecule has 0 radical (unpaired) electrons. The minimum Gasteiger partial charge on any atom is -0.330 e. The first-order valence-electron chi connectivity index (χ1n) is 5.53. The van der Waals surface area contributed by atoms with E-state index in [-0.39, 0.29) is 0 Å². The van der Waals surface area contributed by atoms with Crippen LogP contribution in [0.4, 0.5) is 0 Å². The van der Waals surface area contributed by atoms with Gasteiger partial charge in [0.05, 0.1) is 0 Å². The molecule has 15 heavy (non-hydrogen) atoms. The SMILES string of the molecule is CC(C)C(CN)CN(C)Cc1ccsc1. The van der Waals surface area contributed by atoms with E-state index in [0.717, 1.165) is 19.6 Å². The van der Waals surface area contributed by atoms with E-state index >= 15 is 0 Å². The van der Waals surface area contributed by atoms with E-state index in [9.17, 15) is 0 Å². The molecule has 1 aromatic heterocycles. The predicted octanol–water partition coefficient (Wildman–Crippen LogP) is 2.41. The minimum atomic E-state index is 0.605. The van der Waals surface area contributed by atoms with Crippen molar-refractivity contribution in [3.05, 3.63) is 22.4 Å². The highest BCUT2D eigenvalue weighted by Gasteiger charge is 2.13. The summed E-state index contributed by atoms with van der Waals surface area (Å²) in [6.07, 6.45) is 0. The second-order valence-corrected chi connectivity index (χ2v) is 5.35. The summed E-state index contributed by atoms with van der Waals surface area (Å²) in [6.45, 7) is 7.40. The van der Waals surface area contributed by atoms with E-state index in [1.54, 1.807) is 11.3 Å². The molecule has 1 atom stereocenters. The molecular weight excluding hydrogens is 204 g/mol. The van der Waals surface area contributed by atoms with Gasteiger partial charge < -0.3 is 10.6 Å². The second kappa shape index (κ2) is 6.26. The summed E-state index contributed by atoms with van der Waals surface area (Å²) in [5, 5.41) is 4.34. The number of nitrogens with zero attached hydrogens (tertiary/aromatic N) is 1. The fourth-order valence-corrected chi connectivity index (χ4v) is 2.38. The Morgan fingerprint density at radius 3 is 2.67 bits per heavy atom. The van der Waals surface area contributed by atoms with Gasteiger partial charge in [0.1, 0.15) is 0 Å². The highest BCUT2D eigenvalue weighted by atomic mass is 32.1. The quantitative estimate of drug-likeness (QED) is 0.807. The van der Waals surface area contributed by atoms with Crippen molar-refractivity contribution in [1.29, 1.82) is 0 Å². The standard InChI is InChI=1S/C12H22N2S/c1-10(2)12(6-13)8-14(3)7-11-4-5-15-9-11/h4-5,9-10,12H,6-8,13H2,1-3H3. The zero-order valence-corrected chi connectivity index (χ0v) is 10.8. The summed E-state index contributed by atoms with van der Waals surface area (Å²) in [6, 6.07) is 2.19. The maximum Gasteiger partial charge on any atom is 0.0239 e. The van der Waals surface area contributed by atoms with Gasteiger partial charge in [-0.15, -0.1) is 0 Å². The molecule has 0 saturated heterocycles. The van der Waals surface area contributed by atoms with Gasteiger partial charge in [0.25, 0.3) is 0 Å². The molecule has 0 saturated carbocycles. The van der Waals surface area contributed by atoms with Crippen molar-refractivity contribution in [2.45, 2.75) is 20.4 Å². The van der Waals surface area contributed by atoms with E-state index in [1.807, 2.05) is 0 Å². The molecule has 1 rings (SSSR count). The van der Waals surface area contributed by atoms with Gasteiger partial charge in [0, 0.05) is 13.1 Å². The van der Waals surface area contributed by atoms with Gasteiger partial charge in [-0.3, -0.25) is 0 Å². The Morgan fingerprint density at radius 1 is 1.47 bits per heavy atom. The van der Waals surface area contributed by atoms with Crippen LogP contribution in [0, 0.1) is 11.8 Å². The van der Waals surface area contributed by atoms with Crippen LogP contribution < -0.4 is 5.73 Å². The second-order valence-electron chi connectivity index (χ2n) is 4.57. The first kappa shape index (κ1) is 12.7. The van der Waals surface area contributed by atoms with Gasteiger partial charge in [-0.2, -0.15) is 11.3 Å². The number of nitrogens with two attached hydrogens (primary N) is 1. The number of rotatable bonds is 6. The van der Waals surface area contributed by atoms with Gasteiger partial charge in [0.2, 0.25) is 0 Å². The van der Waals surface area contributed by atoms with Gasteiger partial charge >= 0.3 is 0 Å². The predicted molar refractivity (Wildman–Crippen MR) is 68.0 cm³/mol. The first-order chi connectivity index (χ1) is 7.13. The summed E-state index contributed by atoms with van der Waals surface area (Å²) >= 11 is 1.76. The molecule has 2 nitrogen and oxygen atoms in total. The van der Waals surface area contributed by atoms with Gasteiger partial charge in [-0.05, 0) is 47.8 Å². The number of thiophene rings is 1. The molecule has 0 aliphatic heterocycles. The Bertz CT molecular complexity index is 257. The van der Waals surface area contributed by atoms with Crippen molar-refractivity contribution in [2.24, 2.45) is 17.6 Å². The molecule has 86 valence electrons. The largest absolute Gasteiger partial charge is 0.330 e. The zero-order valence-electron chi connectivity index (χ0n) is 9.94. The summed E-state index contributed by atoms with van der Waals surface area (Å²) in [5.41, 5.74) is 7.18. The van der Waals surface area contributed by atoms with Crippen LogP contribution in [-0.2, 0) is 6.54 Å². The van der Waals surface area contributed by atoms with Crippen LogP contribution in [0.2, 0.25) is 0 Å². The Hall–Kier alpha value is -0.380. The molecule has 0 aliphatic rings. The lowest BCUT2D eigenvalue weighted by molar-refractivity contribution is 0.234. The average molecular weight is 226 g/mol. The topological polar surface area (TPSA) is 29.3 Å². The van der Waals surface area contributed by atoms with E-state index in [4.69, 9.17) is 5.73 Å². The van der Waals surface area contributed by atoms with Gasteiger partial charge in [-0.25, -0.2) is 0 Å². The van der Waals surface area contributed by atoms with Crippen LogP contribution in [0.3, 0.4) is 0 Å². The molecule has 1 heterocycles. The van der Waals surface area contributed by atoms with Crippen molar-refractivity contribution in [3.8, 4) is 0 Å². The highest BCUT2D eigenvalue weighted by molar-refractivity contribution is 7.07. The normalized spacial score (nSPS) is 13.7. The lowest BCUT2D eigenvalue weighted by Gasteiger charge is -2.25. The van der Waals surface area contributed by atoms with Crippen molar-refractivity contribution < 1.29 is 0 Å². The molecule has 0 aliphatic carbocycles. The Morgan fingerprint density at radius 2 is 2.20 bits per heavy atom. The fourth-order valence-electron chi connectivity index (χ4n) is 1.72. The van der Waals surface area contributed by atoms with Gasteiger partial charge in [0.15, 0.2) is 0 Å². The third-order valence-electron chi connectivity index (χ3n) is 2.82. The molecule has 3 heteroatoms. The van der Waals surface area contributed by atoms with Crippen molar-refractivity contribution >= 4 is 11.3 Å². The van der Waals surface area contributed by atoms with Crippen LogP contribution in [0.15, 0.2) is 16.8 Å². The molecule has 1 unspecified atom stereocenters. The number of hydrogen-bond donors (Lipinski definition) is 1. The number of hydrogen-bond acceptors (Lipinski definition) is 3. The Kier molecular flexibility index (Phi) is 5.29. The summed E-state index contributed by atoms with van der Waals surface area (Å²) < 4.78 is 0. The molecule has 0 bridgehead atoms. The van der Waals surface area contributed by atoms with E-state index in [1.165, 1.54) is 5.56 Å². The third-order valence-corrected chi connectivity index (χ3v) is 3.56. The van der Waals surface area contributed by atoms with Crippen LogP contribution >= 0.6 is 11.3 Å². The molecule has 0 fully saturated rings. The maximum absolute atomic E-state index is 5.77. The summed E-state index contributed by atoms with van der Waals surface area (Å²) in [7, 11) is 2.17. The molecular formula is C12H22N2S. The highest BCUT2D eigenvalue weighted by Crippen LogP contribution is 2.13. The van der Waals surface area contributed by atoms with Crippen LogP contribution in [0.5, 0.6) is 0 Å². The summed E-state index contributed by atoms with van der Waals surface area (Å²) in [4.78, 5) is 2.36. The monoisotopic (exact) mass is 226 g/mol. The van der Waals surface area contributed by atoms with E-state index in [0.29, 0.717) is 11.8 Å². The minimum absolute atomic E-state index is 0.605. The van der Waals surface area contributed by atoms with E-state index in [2.05, 4.69) is 42.6 Å². The van der Waals surface area contributed by atoms with Crippen LogP contribution in [0.1, 0.15) is 19.4 Å². The maximum atomic E-state index is 5.77. The smallest absolute Gasteiger partial charge is 0.0239 e. The molecule has 0 amide bonds. The lowest BCUT2D eigenvalue weighted by Crippen LogP contribution is -2.32. The third kappa shape index (κ3) is 4.33. The fraction of sp³-hybridized carbons (Fsp3) is 0.667. The molecule has 1 aromatic rings. The molecule has 0 aromatic carbocycles. The molecule has 2 N–H and O–H groups in total. The van der Waals surface area contributed by atoms with Crippen LogP contribution in [0.25, 0.3) is 0 Å². The zero-order chi connectivity index (χ0) is 11.3. The van der Waals surface area contributed by atoms with Crippen molar-refractivity contribution in [2.75, 3.05) is 20.1 Å².